The summed E-state index contributed by atoms with van der Waals surface area (Å²) in [6.07, 6.45) is 0.919. The fourth-order valence-electron chi connectivity index (χ4n) is 1.79. The van der Waals surface area contributed by atoms with Crippen LogP contribution in [0.2, 0.25) is 0 Å². The second kappa shape index (κ2) is 5.66. The molecule has 0 bridgehead atoms. The normalized spacial score (nSPS) is 18.3. The third-order valence-electron chi connectivity index (χ3n) is 2.51. The number of nitrogens with two attached hydrogens (primary N) is 1. The Morgan fingerprint density at radius 2 is 2.06 bits per heavy atom. The summed E-state index contributed by atoms with van der Waals surface area (Å²) in [5.74, 6) is 2.57. The van der Waals surface area contributed by atoms with Gasteiger partial charge in [0.15, 0.2) is 11.5 Å². The highest BCUT2D eigenvalue weighted by Gasteiger charge is 2.21. The number of rotatable bonds is 2. The van der Waals surface area contributed by atoms with E-state index >= 15 is 0 Å². The summed E-state index contributed by atoms with van der Waals surface area (Å²) in [5.41, 5.74) is 7.18. The van der Waals surface area contributed by atoms with Gasteiger partial charge in [-0.1, -0.05) is 6.07 Å². The molecule has 0 spiro atoms. The highest BCUT2D eigenvalue weighted by Crippen LogP contribution is 2.42. The number of hydrogen-bond donors (Lipinski definition) is 1. The Morgan fingerprint density at radius 3 is 2.69 bits per heavy atom. The van der Waals surface area contributed by atoms with Crippen molar-refractivity contribution in [3.8, 4) is 11.5 Å². The van der Waals surface area contributed by atoms with Gasteiger partial charge in [0.2, 0.25) is 0 Å². The third kappa shape index (κ3) is 2.39. The van der Waals surface area contributed by atoms with E-state index in [2.05, 4.69) is 6.07 Å². The lowest BCUT2D eigenvalue weighted by Gasteiger charge is -2.23. The zero-order chi connectivity index (χ0) is 10.8. The van der Waals surface area contributed by atoms with E-state index in [1.807, 2.05) is 6.07 Å². The van der Waals surface area contributed by atoms with Crippen molar-refractivity contribution in [2.24, 2.45) is 5.73 Å². The summed E-state index contributed by atoms with van der Waals surface area (Å²) in [6, 6.07) is 4.26. The summed E-state index contributed by atoms with van der Waals surface area (Å²) < 4.78 is 10.6. The number of thioether (sulfide) groups is 1. The minimum atomic E-state index is 0. The zero-order valence-corrected chi connectivity index (χ0v) is 11.0. The minimum Gasteiger partial charge on any atom is -0.493 e. The molecule has 2 N–H and O–H groups in total. The van der Waals surface area contributed by atoms with Crippen LogP contribution in [-0.2, 0) is 6.42 Å². The molecule has 0 aliphatic carbocycles. The molecule has 3 nitrogen and oxygen atoms in total. The van der Waals surface area contributed by atoms with Crippen LogP contribution in [-0.4, -0.2) is 26.0 Å². The molecule has 1 aromatic carbocycles. The van der Waals surface area contributed by atoms with Crippen LogP contribution >= 0.6 is 24.2 Å². The van der Waals surface area contributed by atoms with Crippen LogP contribution in [0.4, 0.5) is 0 Å². The molecule has 1 atom stereocenters. The first kappa shape index (κ1) is 13.5. The first-order valence-corrected chi connectivity index (χ1v) is 5.87. The lowest BCUT2D eigenvalue weighted by molar-refractivity contribution is 0.346. The molecule has 5 heteroatoms. The van der Waals surface area contributed by atoms with E-state index in [4.69, 9.17) is 15.2 Å². The summed E-state index contributed by atoms with van der Waals surface area (Å²) in [4.78, 5) is 1.18. The standard InChI is InChI=1S/C11H15NO2S.ClH/c1-13-9-4-3-7-5-8(12)6-15-11(7)10(9)14-2;/h3-4,8H,5-6,12H2,1-2H3;1H. The Labute approximate surface area is 106 Å². The van der Waals surface area contributed by atoms with Crippen LogP contribution in [0, 0.1) is 0 Å². The monoisotopic (exact) mass is 261 g/mol. The number of benzene rings is 1. The average molecular weight is 262 g/mol. The predicted molar refractivity (Wildman–Crippen MR) is 69.2 cm³/mol. The van der Waals surface area contributed by atoms with Crippen molar-refractivity contribution >= 4 is 24.2 Å². The third-order valence-corrected chi connectivity index (χ3v) is 3.84. The Bertz CT molecular complexity index is 373. The van der Waals surface area contributed by atoms with Gasteiger partial charge in [0.05, 0.1) is 19.1 Å². The van der Waals surface area contributed by atoms with Gasteiger partial charge < -0.3 is 15.2 Å². The van der Waals surface area contributed by atoms with E-state index in [9.17, 15) is 0 Å². The second-order valence-electron chi connectivity index (χ2n) is 3.56. The molecular formula is C11H16ClNO2S. The zero-order valence-electron chi connectivity index (χ0n) is 9.36. The molecule has 0 saturated heterocycles. The molecule has 90 valence electrons. The molecule has 1 aliphatic heterocycles. The Kier molecular flexibility index (Phi) is 4.77. The van der Waals surface area contributed by atoms with Gasteiger partial charge in [-0.2, -0.15) is 0 Å². The molecule has 1 aliphatic rings. The first-order valence-electron chi connectivity index (χ1n) is 4.88. The van der Waals surface area contributed by atoms with Gasteiger partial charge in [-0.15, -0.1) is 24.2 Å². The highest BCUT2D eigenvalue weighted by molar-refractivity contribution is 7.99. The maximum Gasteiger partial charge on any atom is 0.174 e. The summed E-state index contributed by atoms with van der Waals surface area (Å²) in [7, 11) is 3.33. The van der Waals surface area contributed by atoms with E-state index in [0.717, 1.165) is 23.7 Å². The molecule has 0 aromatic heterocycles. The fourth-order valence-corrected chi connectivity index (χ4v) is 2.94. The number of halogens is 1. The van der Waals surface area contributed by atoms with Crippen LogP contribution in [0.1, 0.15) is 5.56 Å². The van der Waals surface area contributed by atoms with Crippen molar-refractivity contribution in [2.75, 3.05) is 20.0 Å². The smallest absolute Gasteiger partial charge is 0.174 e. The summed E-state index contributed by atoms with van der Waals surface area (Å²) in [6.45, 7) is 0. The number of ether oxygens (including phenoxy) is 2. The molecule has 1 aromatic rings. The largest absolute Gasteiger partial charge is 0.493 e. The van der Waals surface area contributed by atoms with Crippen molar-refractivity contribution in [1.29, 1.82) is 0 Å². The summed E-state index contributed by atoms with van der Waals surface area (Å²) in [5, 5.41) is 0. The molecule has 0 saturated carbocycles. The van der Waals surface area contributed by atoms with Gasteiger partial charge in [-0.3, -0.25) is 0 Å². The minimum absolute atomic E-state index is 0. The molecule has 0 radical (unpaired) electrons. The van der Waals surface area contributed by atoms with E-state index in [1.54, 1.807) is 26.0 Å². The molecule has 1 heterocycles. The van der Waals surface area contributed by atoms with E-state index < -0.39 is 0 Å². The Hall–Kier alpha value is -0.580. The second-order valence-corrected chi connectivity index (χ2v) is 4.59. The highest BCUT2D eigenvalue weighted by atomic mass is 35.5. The van der Waals surface area contributed by atoms with Crippen molar-refractivity contribution in [3.63, 3.8) is 0 Å². The maximum absolute atomic E-state index is 5.92. The topological polar surface area (TPSA) is 44.5 Å². The molecular weight excluding hydrogens is 246 g/mol. The van der Waals surface area contributed by atoms with Gasteiger partial charge in [-0.05, 0) is 18.1 Å². The Balaban J connectivity index is 0.00000128. The van der Waals surface area contributed by atoms with Crippen LogP contribution in [0.5, 0.6) is 11.5 Å². The fraction of sp³-hybridized carbons (Fsp3) is 0.455. The van der Waals surface area contributed by atoms with E-state index in [0.29, 0.717) is 0 Å². The van der Waals surface area contributed by atoms with Crippen LogP contribution in [0.15, 0.2) is 17.0 Å². The van der Waals surface area contributed by atoms with E-state index in [1.165, 1.54) is 10.5 Å². The quantitative estimate of drug-likeness (QED) is 0.886. The first-order chi connectivity index (χ1) is 7.26. The molecule has 2 rings (SSSR count). The van der Waals surface area contributed by atoms with Crippen molar-refractivity contribution in [3.05, 3.63) is 17.7 Å². The predicted octanol–water partition coefficient (Wildman–Crippen LogP) is 2.10. The molecule has 16 heavy (non-hydrogen) atoms. The van der Waals surface area contributed by atoms with Crippen LogP contribution in [0.3, 0.4) is 0 Å². The van der Waals surface area contributed by atoms with Gasteiger partial charge in [0.25, 0.3) is 0 Å². The maximum atomic E-state index is 5.92. The number of methoxy groups -OCH3 is 2. The van der Waals surface area contributed by atoms with Crippen molar-refractivity contribution in [1.82, 2.24) is 0 Å². The molecule has 0 amide bonds. The van der Waals surface area contributed by atoms with Gasteiger partial charge in [0, 0.05) is 11.8 Å². The number of fused-ring (bicyclic) bond motifs is 1. The molecule has 1 unspecified atom stereocenters. The van der Waals surface area contributed by atoms with Crippen molar-refractivity contribution in [2.45, 2.75) is 17.4 Å². The van der Waals surface area contributed by atoms with Gasteiger partial charge >= 0.3 is 0 Å². The molecule has 0 fully saturated rings. The average Bonchev–Trinajstić information content (AvgIpc) is 2.27. The summed E-state index contributed by atoms with van der Waals surface area (Å²) >= 11 is 1.75. The number of hydrogen-bond acceptors (Lipinski definition) is 4. The van der Waals surface area contributed by atoms with Crippen LogP contribution < -0.4 is 15.2 Å². The van der Waals surface area contributed by atoms with Gasteiger partial charge in [-0.25, -0.2) is 0 Å². The van der Waals surface area contributed by atoms with E-state index in [-0.39, 0.29) is 18.4 Å². The Morgan fingerprint density at radius 1 is 1.31 bits per heavy atom. The lowest BCUT2D eigenvalue weighted by Crippen LogP contribution is -2.28. The lowest BCUT2D eigenvalue weighted by atomic mass is 10.1. The SMILES string of the molecule is COc1ccc2c(c1OC)SCC(N)C2.Cl. The van der Waals surface area contributed by atoms with Crippen molar-refractivity contribution < 1.29 is 9.47 Å². The van der Waals surface area contributed by atoms with Crippen LogP contribution in [0.25, 0.3) is 0 Å². The van der Waals surface area contributed by atoms with Gasteiger partial charge in [0.1, 0.15) is 0 Å².